The first kappa shape index (κ1) is 12.3. The first-order valence-corrected chi connectivity index (χ1v) is 5.49. The highest BCUT2D eigenvalue weighted by molar-refractivity contribution is 5.33. The topological polar surface area (TPSA) is 81.2 Å². The summed E-state index contributed by atoms with van der Waals surface area (Å²) < 4.78 is 1.64. The number of nitro benzene ring substituents is 1. The monoisotopic (exact) mass is 247 g/mol. The third-order valence-electron chi connectivity index (χ3n) is 2.62. The van der Waals surface area contributed by atoms with Crippen LogP contribution >= 0.6 is 0 Å². The normalized spacial score (nSPS) is 12.3. The molecule has 0 amide bonds. The zero-order valence-electron chi connectivity index (χ0n) is 9.85. The van der Waals surface area contributed by atoms with Crippen molar-refractivity contribution in [2.45, 2.75) is 19.6 Å². The summed E-state index contributed by atoms with van der Waals surface area (Å²) >= 11 is 0. The number of benzene rings is 1. The summed E-state index contributed by atoms with van der Waals surface area (Å²) in [5.41, 5.74) is 1.53. The number of aryl methyl sites for hydroxylation is 1. The molecule has 18 heavy (non-hydrogen) atoms. The SMILES string of the molecule is Cc1ccn(CC(O)c2ccc([N+](=O)[O-])cc2)n1. The molecule has 0 bridgehead atoms. The molecule has 0 aliphatic rings. The van der Waals surface area contributed by atoms with Crippen molar-refractivity contribution in [2.24, 2.45) is 0 Å². The maximum atomic E-state index is 10.5. The quantitative estimate of drug-likeness (QED) is 0.660. The average molecular weight is 247 g/mol. The van der Waals surface area contributed by atoms with E-state index < -0.39 is 11.0 Å². The van der Waals surface area contributed by atoms with Crippen molar-refractivity contribution in [2.75, 3.05) is 0 Å². The van der Waals surface area contributed by atoms with Gasteiger partial charge >= 0.3 is 0 Å². The summed E-state index contributed by atoms with van der Waals surface area (Å²) in [5.74, 6) is 0. The Balaban J connectivity index is 2.09. The van der Waals surface area contributed by atoms with Gasteiger partial charge in [0.2, 0.25) is 0 Å². The van der Waals surface area contributed by atoms with Gasteiger partial charge in [-0.3, -0.25) is 14.8 Å². The summed E-state index contributed by atoms with van der Waals surface area (Å²) in [6.07, 6.45) is 1.05. The van der Waals surface area contributed by atoms with Crippen LogP contribution in [0.4, 0.5) is 5.69 Å². The van der Waals surface area contributed by atoms with E-state index in [0.29, 0.717) is 12.1 Å². The molecule has 1 heterocycles. The van der Waals surface area contributed by atoms with E-state index in [-0.39, 0.29) is 5.69 Å². The number of aromatic nitrogens is 2. The Hall–Kier alpha value is -2.21. The first-order valence-electron chi connectivity index (χ1n) is 5.49. The van der Waals surface area contributed by atoms with E-state index in [1.807, 2.05) is 13.0 Å². The molecule has 1 unspecified atom stereocenters. The van der Waals surface area contributed by atoms with Gasteiger partial charge in [-0.2, -0.15) is 5.10 Å². The van der Waals surface area contributed by atoms with Crippen LogP contribution < -0.4 is 0 Å². The minimum Gasteiger partial charge on any atom is -0.386 e. The minimum absolute atomic E-state index is 0.0147. The van der Waals surface area contributed by atoms with Crippen LogP contribution in [0.1, 0.15) is 17.4 Å². The molecule has 0 radical (unpaired) electrons. The minimum atomic E-state index is -0.731. The molecular formula is C12H13N3O3. The van der Waals surface area contributed by atoms with Gasteiger partial charge in [0.05, 0.1) is 23.3 Å². The van der Waals surface area contributed by atoms with Gasteiger partial charge in [-0.25, -0.2) is 0 Å². The van der Waals surface area contributed by atoms with Crippen LogP contribution in [-0.4, -0.2) is 19.8 Å². The lowest BCUT2D eigenvalue weighted by Crippen LogP contribution is -2.09. The van der Waals surface area contributed by atoms with Gasteiger partial charge in [-0.05, 0) is 30.7 Å². The fraction of sp³-hybridized carbons (Fsp3) is 0.250. The van der Waals surface area contributed by atoms with Crippen LogP contribution in [0, 0.1) is 17.0 Å². The maximum absolute atomic E-state index is 10.5. The Morgan fingerprint density at radius 1 is 1.39 bits per heavy atom. The summed E-state index contributed by atoms with van der Waals surface area (Å²) in [6, 6.07) is 7.72. The molecule has 0 saturated heterocycles. The third-order valence-corrected chi connectivity index (χ3v) is 2.62. The summed E-state index contributed by atoms with van der Waals surface area (Å²) in [4.78, 5) is 10.0. The fourth-order valence-corrected chi connectivity index (χ4v) is 1.67. The summed E-state index contributed by atoms with van der Waals surface area (Å²) in [7, 11) is 0. The molecule has 1 aromatic carbocycles. The Morgan fingerprint density at radius 2 is 2.06 bits per heavy atom. The van der Waals surface area contributed by atoms with Crippen LogP contribution in [-0.2, 0) is 6.54 Å². The van der Waals surface area contributed by atoms with E-state index in [2.05, 4.69) is 5.10 Å². The van der Waals surface area contributed by atoms with Crippen molar-refractivity contribution in [3.05, 3.63) is 57.9 Å². The van der Waals surface area contributed by atoms with Crippen LogP contribution in [0.25, 0.3) is 0 Å². The number of rotatable bonds is 4. The largest absolute Gasteiger partial charge is 0.386 e. The van der Waals surface area contributed by atoms with Crippen LogP contribution in [0.15, 0.2) is 36.5 Å². The number of hydrogen-bond donors (Lipinski definition) is 1. The Morgan fingerprint density at radius 3 is 2.56 bits per heavy atom. The molecule has 2 aromatic rings. The Bertz CT molecular complexity index is 548. The predicted molar refractivity (Wildman–Crippen MR) is 65.0 cm³/mol. The molecule has 94 valence electrons. The van der Waals surface area contributed by atoms with Gasteiger partial charge < -0.3 is 5.11 Å². The molecule has 2 rings (SSSR count). The number of hydrogen-bond acceptors (Lipinski definition) is 4. The highest BCUT2D eigenvalue weighted by Gasteiger charge is 2.11. The van der Waals surface area contributed by atoms with Crippen molar-refractivity contribution in [3.8, 4) is 0 Å². The van der Waals surface area contributed by atoms with Crippen molar-refractivity contribution in [3.63, 3.8) is 0 Å². The zero-order valence-corrected chi connectivity index (χ0v) is 9.85. The van der Waals surface area contributed by atoms with E-state index in [1.165, 1.54) is 12.1 Å². The molecule has 0 spiro atoms. The highest BCUT2D eigenvalue weighted by atomic mass is 16.6. The van der Waals surface area contributed by atoms with Crippen LogP contribution in [0.2, 0.25) is 0 Å². The highest BCUT2D eigenvalue weighted by Crippen LogP contribution is 2.18. The van der Waals surface area contributed by atoms with Gasteiger partial charge in [0, 0.05) is 18.3 Å². The van der Waals surface area contributed by atoms with Gasteiger partial charge in [0.25, 0.3) is 5.69 Å². The lowest BCUT2D eigenvalue weighted by atomic mass is 10.1. The third kappa shape index (κ3) is 2.72. The molecule has 6 heteroatoms. The fourth-order valence-electron chi connectivity index (χ4n) is 1.67. The Kier molecular flexibility index (Phi) is 3.38. The van der Waals surface area contributed by atoms with E-state index in [0.717, 1.165) is 5.69 Å². The number of nitro groups is 1. The first-order chi connectivity index (χ1) is 8.56. The second-order valence-corrected chi connectivity index (χ2v) is 4.04. The molecule has 0 aliphatic carbocycles. The molecule has 0 saturated carbocycles. The van der Waals surface area contributed by atoms with Crippen LogP contribution in [0.5, 0.6) is 0 Å². The standard InChI is InChI=1S/C12H13N3O3/c1-9-6-7-14(13-9)8-12(16)10-2-4-11(5-3-10)15(17)18/h2-7,12,16H,8H2,1H3. The summed E-state index contributed by atoms with van der Waals surface area (Å²) in [5, 5.41) is 24.7. The van der Waals surface area contributed by atoms with E-state index in [1.54, 1.807) is 23.0 Å². The van der Waals surface area contributed by atoms with E-state index in [9.17, 15) is 15.2 Å². The average Bonchev–Trinajstić information content (AvgIpc) is 2.75. The van der Waals surface area contributed by atoms with Crippen LogP contribution in [0.3, 0.4) is 0 Å². The van der Waals surface area contributed by atoms with Crippen molar-refractivity contribution < 1.29 is 10.0 Å². The number of nitrogens with zero attached hydrogens (tertiary/aromatic N) is 3. The smallest absolute Gasteiger partial charge is 0.269 e. The van der Waals surface area contributed by atoms with Crippen molar-refractivity contribution >= 4 is 5.69 Å². The molecule has 1 aromatic heterocycles. The number of aliphatic hydroxyl groups excluding tert-OH is 1. The van der Waals surface area contributed by atoms with Crippen molar-refractivity contribution in [1.82, 2.24) is 9.78 Å². The van der Waals surface area contributed by atoms with E-state index >= 15 is 0 Å². The molecule has 6 nitrogen and oxygen atoms in total. The van der Waals surface area contributed by atoms with Gasteiger partial charge in [0.1, 0.15) is 0 Å². The molecule has 0 fully saturated rings. The Labute approximate surface area is 104 Å². The lowest BCUT2D eigenvalue weighted by Gasteiger charge is -2.10. The maximum Gasteiger partial charge on any atom is 0.269 e. The number of aliphatic hydroxyl groups is 1. The second-order valence-electron chi connectivity index (χ2n) is 4.04. The van der Waals surface area contributed by atoms with Crippen molar-refractivity contribution in [1.29, 1.82) is 0 Å². The van der Waals surface area contributed by atoms with Gasteiger partial charge in [0.15, 0.2) is 0 Å². The summed E-state index contributed by atoms with van der Waals surface area (Å²) in [6.45, 7) is 2.19. The van der Waals surface area contributed by atoms with E-state index in [4.69, 9.17) is 0 Å². The molecular weight excluding hydrogens is 234 g/mol. The lowest BCUT2D eigenvalue weighted by molar-refractivity contribution is -0.384. The zero-order chi connectivity index (χ0) is 13.1. The van der Waals surface area contributed by atoms with Gasteiger partial charge in [-0.1, -0.05) is 0 Å². The van der Waals surface area contributed by atoms with Gasteiger partial charge in [-0.15, -0.1) is 0 Å². The molecule has 1 N–H and O–H groups in total. The second kappa shape index (κ2) is 4.97. The molecule has 0 aliphatic heterocycles. The molecule has 1 atom stereocenters. The number of non-ortho nitro benzene ring substituents is 1. The predicted octanol–water partition coefficient (Wildman–Crippen LogP) is 1.83.